The van der Waals surface area contributed by atoms with Gasteiger partial charge in [-0.2, -0.15) is 13.2 Å². The van der Waals surface area contributed by atoms with Gasteiger partial charge in [0.05, 0.1) is 7.11 Å². The normalized spacial score (nSPS) is 11.4. The Hall–Kier alpha value is -2.24. The maximum Gasteiger partial charge on any atom is 0.422 e. The summed E-state index contributed by atoms with van der Waals surface area (Å²) in [5.41, 5.74) is -0.00477. The molecular weight excluding hydrogens is 273 g/mol. The molecular formula is C14H11F3O3. The van der Waals surface area contributed by atoms with Crippen molar-refractivity contribution in [3.63, 3.8) is 0 Å². The Balaban J connectivity index is 2.50. The van der Waals surface area contributed by atoms with E-state index in [4.69, 9.17) is 4.74 Å². The number of ether oxygens (including phenoxy) is 2. The molecule has 0 bridgehead atoms. The molecule has 106 valence electrons. The van der Waals surface area contributed by atoms with Crippen molar-refractivity contribution in [2.24, 2.45) is 0 Å². The lowest BCUT2D eigenvalue weighted by atomic mass is 10.0. The highest BCUT2D eigenvalue weighted by Gasteiger charge is 2.29. The third-order valence-electron chi connectivity index (χ3n) is 2.67. The van der Waals surface area contributed by atoms with Crippen LogP contribution in [0.4, 0.5) is 13.2 Å². The predicted octanol–water partition coefficient (Wildman–Crippen LogP) is 3.57. The van der Waals surface area contributed by atoms with Crippen LogP contribution in [-0.2, 0) is 4.74 Å². The van der Waals surface area contributed by atoms with Gasteiger partial charge in [-0.05, 0) is 16.8 Å². The third-order valence-corrected chi connectivity index (χ3v) is 2.67. The van der Waals surface area contributed by atoms with Crippen molar-refractivity contribution in [1.29, 1.82) is 0 Å². The Bertz CT molecular complexity index is 635. The van der Waals surface area contributed by atoms with Crippen molar-refractivity contribution < 1.29 is 27.4 Å². The molecule has 0 aliphatic rings. The zero-order chi connectivity index (χ0) is 14.8. The predicted molar refractivity (Wildman–Crippen MR) is 66.8 cm³/mol. The van der Waals surface area contributed by atoms with Crippen molar-refractivity contribution in [3.8, 4) is 5.75 Å². The van der Waals surface area contributed by atoms with Gasteiger partial charge < -0.3 is 9.47 Å². The highest BCUT2D eigenvalue weighted by atomic mass is 19.4. The van der Waals surface area contributed by atoms with Crippen LogP contribution in [0, 0.1) is 0 Å². The summed E-state index contributed by atoms with van der Waals surface area (Å²) in [7, 11) is 1.16. The largest absolute Gasteiger partial charge is 0.483 e. The van der Waals surface area contributed by atoms with E-state index in [9.17, 15) is 18.0 Å². The molecule has 2 aromatic rings. The lowest BCUT2D eigenvalue weighted by molar-refractivity contribution is -0.153. The van der Waals surface area contributed by atoms with Crippen molar-refractivity contribution in [2.75, 3.05) is 13.7 Å². The highest BCUT2D eigenvalue weighted by molar-refractivity contribution is 6.07. The molecule has 0 saturated carbocycles. The van der Waals surface area contributed by atoms with Crippen molar-refractivity contribution in [1.82, 2.24) is 0 Å². The van der Waals surface area contributed by atoms with Gasteiger partial charge in [0.1, 0.15) is 11.3 Å². The maximum atomic E-state index is 12.2. The topological polar surface area (TPSA) is 35.5 Å². The molecule has 0 heterocycles. The molecule has 20 heavy (non-hydrogen) atoms. The van der Waals surface area contributed by atoms with E-state index >= 15 is 0 Å². The van der Waals surface area contributed by atoms with Crippen LogP contribution >= 0.6 is 0 Å². The molecule has 0 amide bonds. The van der Waals surface area contributed by atoms with Crippen LogP contribution in [0.5, 0.6) is 5.75 Å². The molecule has 0 fully saturated rings. The average molecular weight is 284 g/mol. The number of alkyl halides is 3. The van der Waals surface area contributed by atoms with Crippen LogP contribution in [0.1, 0.15) is 10.4 Å². The summed E-state index contributed by atoms with van der Waals surface area (Å²) in [5, 5.41) is 1.20. The zero-order valence-electron chi connectivity index (χ0n) is 10.5. The molecule has 0 atom stereocenters. The maximum absolute atomic E-state index is 12.2. The van der Waals surface area contributed by atoms with E-state index < -0.39 is 18.8 Å². The van der Waals surface area contributed by atoms with E-state index in [-0.39, 0.29) is 11.3 Å². The van der Waals surface area contributed by atoms with Crippen LogP contribution in [0.3, 0.4) is 0 Å². The third kappa shape index (κ3) is 3.01. The van der Waals surface area contributed by atoms with E-state index in [0.717, 1.165) is 7.11 Å². The van der Waals surface area contributed by atoms with E-state index in [1.54, 1.807) is 30.3 Å². The lowest BCUT2D eigenvalue weighted by Gasteiger charge is -2.14. The second kappa shape index (κ2) is 5.40. The lowest BCUT2D eigenvalue weighted by Crippen LogP contribution is -2.20. The fraction of sp³-hybridized carbons (Fsp3) is 0.214. The van der Waals surface area contributed by atoms with Gasteiger partial charge in [0.15, 0.2) is 6.61 Å². The molecule has 2 aromatic carbocycles. The van der Waals surface area contributed by atoms with Gasteiger partial charge in [0.2, 0.25) is 0 Å². The number of halogens is 3. The number of esters is 1. The molecule has 0 N–H and O–H groups in total. The first-order valence-corrected chi connectivity index (χ1v) is 5.72. The summed E-state index contributed by atoms with van der Waals surface area (Å²) in [5.74, 6) is -0.883. The van der Waals surface area contributed by atoms with Crippen LogP contribution in [0.25, 0.3) is 10.8 Å². The number of carbonyl (C=O) groups excluding carboxylic acids is 1. The summed E-state index contributed by atoms with van der Waals surface area (Å²) in [6.07, 6.45) is -4.47. The fourth-order valence-corrected chi connectivity index (χ4v) is 1.84. The summed E-state index contributed by atoms with van der Waals surface area (Å²) < 4.78 is 46.0. The van der Waals surface area contributed by atoms with Crippen LogP contribution in [-0.4, -0.2) is 25.9 Å². The van der Waals surface area contributed by atoms with Gasteiger partial charge in [-0.3, -0.25) is 0 Å². The zero-order valence-corrected chi connectivity index (χ0v) is 10.5. The van der Waals surface area contributed by atoms with Gasteiger partial charge in [-0.1, -0.05) is 30.3 Å². The minimum Gasteiger partial charge on any atom is -0.483 e. The molecule has 0 aromatic heterocycles. The van der Waals surface area contributed by atoms with Crippen molar-refractivity contribution in [2.45, 2.75) is 6.18 Å². The minimum absolute atomic E-state index is 0.00477. The summed E-state index contributed by atoms with van der Waals surface area (Å²) >= 11 is 0. The fourth-order valence-electron chi connectivity index (χ4n) is 1.84. The van der Waals surface area contributed by atoms with Crippen LogP contribution < -0.4 is 4.74 Å². The molecule has 3 nitrogen and oxygen atoms in total. The van der Waals surface area contributed by atoms with Crippen molar-refractivity contribution in [3.05, 3.63) is 42.0 Å². The van der Waals surface area contributed by atoms with Gasteiger partial charge in [0, 0.05) is 0 Å². The number of rotatable bonds is 3. The monoisotopic (exact) mass is 284 g/mol. The number of methoxy groups -OCH3 is 1. The summed E-state index contributed by atoms with van der Waals surface area (Å²) in [4.78, 5) is 11.8. The van der Waals surface area contributed by atoms with Crippen molar-refractivity contribution >= 4 is 16.7 Å². The molecule has 0 saturated heterocycles. The first-order valence-electron chi connectivity index (χ1n) is 5.72. The second-order valence-corrected chi connectivity index (χ2v) is 4.06. The number of hydrogen-bond acceptors (Lipinski definition) is 3. The molecule has 0 spiro atoms. The van der Waals surface area contributed by atoms with Gasteiger partial charge in [-0.15, -0.1) is 0 Å². The average Bonchev–Trinajstić information content (AvgIpc) is 2.42. The highest BCUT2D eigenvalue weighted by Crippen LogP contribution is 2.30. The molecule has 2 rings (SSSR count). The standard InChI is InChI=1S/C14H11F3O3/c1-19-13(18)12-10-5-3-2-4-9(10)6-7-11(12)20-8-14(15,16)17/h2-7H,8H2,1H3. The second-order valence-electron chi connectivity index (χ2n) is 4.06. The number of fused-ring (bicyclic) bond motifs is 1. The first-order chi connectivity index (χ1) is 9.42. The Morgan fingerprint density at radius 3 is 2.50 bits per heavy atom. The molecule has 6 heteroatoms. The number of carbonyl (C=O) groups is 1. The van der Waals surface area contributed by atoms with Crippen LogP contribution in [0.15, 0.2) is 36.4 Å². The van der Waals surface area contributed by atoms with E-state index in [1.807, 2.05) is 0 Å². The SMILES string of the molecule is COC(=O)c1c(OCC(F)(F)F)ccc2ccccc12. The van der Waals surface area contributed by atoms with E-state index in [2.05, 4.69) is 4.74 Å². The molecule has 0 aliphatic heterocycles. The van der Waals surface area contributed by atoms with Gasteiger partial charge in [-0.25, -0.2) is 4.79 Å². The molecule has 0 unspecified atom stereocenters. The number of benzene rings is 2. The quantitative estimate of drug-likeness (QED) is 0.808. The Morgan fingerprint density at radius 1 is 1.15 bits per heavy atom. The number of hydrogen-bond donors (Lipinski definition) is 0. The summed E-state index contributed by atoms with van der Waals surface area (Å²) in [6, 6.07) is 9.74. The molecule has 0 radical (unpaired) electrons. The Kier molecular flexibility index (Phi) is 3.83. The first kappa shape index (κ1) is 14.2. The van der Waals surface area contributed by atoms with Gasteiger partial charge >= 0.3 is 12.1 Å². The van der Waals surface area contributed by atoms with E-state index in [0.29, 0.717) is 10.8 Å². The van der Waals surface area contributed by atoms with Crippen LogP contribution in [0.2, 0.25) is 0 Å². The van der Waals surface area contributed by atoms with E-state index in [1.165, 1.54) is 6.07 Å². The smallest absolute Gasteiger partial charge is 0.422 e. The summed E-state index contributed by atoms with van der Waals surface area (Å²) in [6.45, 7) is -1.46. The Labute approximate surface area is 112 Å². The van der Waals surface area contributed by atoms with Gasteiger partial charge in [0.25, 0.3) is 0 Å². The minimum atomic E-state index is -4.47. The molecule has 0 aliphatic carbocycles. The Morgan fingerprint density at radius 2 is 1.85 bits per heavy atom.